The van der Waals surface area contributed by atoms with Gasteiger partial charge in [0, 0.05) is 13.5 Å². The van der Waals surface area contributed by atoms with Crippen molar-refractivity contribution in [3.05, 3.63) is 35.4 Å². The molecule has 0 fully saturated rings. The van der Waals surface area contributed by atoms with Gasteiger partial charge in [-0.15, -0.1) is 0 Å². The first-order chi connectivity index (χ1) is 13.5. The first-order valence-corrected chi connectivity index (χ1v) is 8.66. The average Bonchev–Trinajstić information content (AvgIpc) is 2.63. The fourth-order valence-corrected chi connectivity index (χ4v) is 2.58. The van der Waals surface area contributed by atoms with Gasteiger partial charge in [0.15, 0.2) is 0 Å². The Morgan fingerprint density at radius 2 is 1.27 bits per heavy atom. The Bertz CT molecular complexity index is 680. The summed E-state index contributed by atoms with van der Waals surface area (Å²) in [4.78, 5) is 0. The number of rotatable bonds is 10. The molecule has 0 saturated carbocycles. The molecular weight excluding hydrogens is 441 g/mol. The molecule has 1 atom stereocenters. The minimum absolute atomic E-state index is 0.167. The predicted octanol–water partition coefficient (Wildman–Crippen LogP) is 7.21. The third kappa shape index (κ3) is 4.83. The van der Waals surface area contributed by atoms with Gasteiger partial charge < -0.3 is 4.74 Å². The number of benzene rings is 1. The molecule has 12 heteroatoms. The molecule has 0 aliphatic rings. The zero-order chi connectivity index (χ0) is 23.6. The van der Waals surface area contributed by atoms with Gasteiger partial charge in [-0.1, -0.05) is 37.6 Å². The summed E-state index contributed by atoms with van der Waals surface area (Å²) in [6.45, 7) is 1.91. The lowest BCUT2D eigenvalue weighted by Gasteiger charge is -2.38. The summed E-state index contributed by atoms with van der Waals surface area (Å²) in [5.74, 6) is -27.8. The van der Waals surface area contributed by atoms with Crippen molar-refractivity contribution in [3.8, 4) is 0 Å². The van der Waals surface area contributed by atoms with E-state index in [1.807, 2.05) is 6.92 Å². The predicted molar refractivity (Wildman–Crippen MR) is 85.3 cm³/mol. The van der Waals surface area contributed by atoms with Gasteiger partial charge in [-0.2, -0.15) is 48.3 Å². The van der Waals surface area contributed by atoms with Crippen LogP contribution in [-0.4, -0.2) is 37.0 Å². The lowest BCUT2D eigenvalue weighted by Crippen LogP contribution is -2.66. The molecule has 0 aliphatic heterocycles. The van der Waals surface area contributed by atoms with Gasteiger partial charge in [-0.05, 0) is 24.0 Å². The maximum atomic E-state index is 14.0. The molecule has 1 aromatic carbocycles. The maximum absolute atomic E-state index is 14.0. The van der Waals surface area contributed by atoms with Gasteiger partial charge in [0.05, 0.1) is 6.10 Å². The standard InChI is InChI=1S/C18H19F11O/c1-3-4-5-11-6-8-12(9-7-11)13(30-2)10-14(19,20)15(21,22)16(23,24)17(25,26)18(27,28)29/h6-9,13H,3-5,10H2,1-2H3. The molecule has 0 spiro atoms. The van der Waals surface area contributed by atoms with Crippen LogP contribution in [-0.2, 0) is 11.2 Å². The van der Waals surface area contributed by atoms with Crippen LogP contribution < -0.4 is 0 Å². The lowest BCUT2D eigenvalue weighted by atomic mass is 9.92. The van der Waals surface area contributed by atoms with Crippen LogP contribution in [0.2, 0.25) is 0 Å². The van der Waals surface area contributed by atoms with Gasteiger partial charge in [0.2, 0.25) is 0 Å². The highest BCUT2D eigenvalue weighted by molar-refractivity contribution is 5.25. The molecule has 1 unspecified atom stereocenters. The highest BCUT2D eigenvalue weighted by atomic mass is 19.4. The third-order valence-corrected chi connectivity index (χ3v) is 4.50. The van der Waals surface area contributed by atoms with Gasteiger partial charge in [-0.3, -0.25) is 0 Å². The van der Waals surface area contributed by atoms with E-state index in [0.29, 0.717) is 6.42 Å². The number of ether oxygens (including phenoxy) is 1. The van der Waals surface area contributed by atoms with Crippen molar-refractivity contribution in [2.24, 2.45) is 0 Å². The van der Waals surface area contributed by atoms with Crippen LogP contribution in [0.15, 0.2) is 24.3 Å². The van der Waals surface area contributed by atoms with E-state index in [0.717, 1.165) is 25.5 Å². The summed E-state index contributed by atoms with van der Waals surface area (Å²) in [6.07, 6.45) is -9.15. The first kappa shape index (κ1) is 26.4. The van der Waals surface area contributed by atoms with Gasteiger partial charge in [-0.25, -0.2) is 0 Å². The number of hydrogen-bond acceptors (Lipinski definition) is 1. The summed E-state index contributed by atoms with van der Waals surface area (Å²) >= 11 is 0. The molecule has 0 saturated heterocycles. The second-order valence-electron chi connectivity index (χ2n) is 6.70. The van der Waals surface area contributed by atoms with Crippen molar-refractivity contribution in [2.75, 3.05) is 7.11 Å². The molecule has 0 radical (unpaired) electrons. The zero-order valence-corrected chi connectivity index (χ0v) is 15.8. The third-order valence-electron chi connectivity index (χ3n) is 4.50. The van der Waals surface area contributed by atoms with Crippen LogP contribution in [0.4, 0.5) is 48.3 Å². The Kier molecular flexibility index (Phi) is 7.82. The number of hydrogen-bond donors (Lipinski definition) is 0. The molecule has 0 aromatic heterocycles. The van der Waals surface area contributed by atoms with Crippen LogP contribution in [0.3, 0.4) is 0 Å². The summed E-state index contributed by atoms with van der Waals surface area (Å²) in [5, 5.41) is 0. The van der Waals surface area contributed by atoms with Crippen molar-refractivity contribution in [2.45, 2.75) is 68.6 Å². The van der Waals surface area contributed by atoms with Crippen LogP contribution in [0.1, 0.15) is 43.4 Å². The van der Waals surface area contributed by atoms with Gasteiger partial charge in [0.25, 0.3) is 0 Å². The van der Waals surface area contributed by atoms with Crippen molar-refractivity contribution >= 4 is 0 Å². The topological polar surface area (TPSA) is 9.23 Å². The van der Waals surface area contributed by atoms with Gasteiger partial charge >= 0.3 is 29.9 Å². The Hall–Kier alpha value is -1.59. The molecule has 174 valence electrons. The molecule has 0 amide bonds. The van der Waals surface area contributed by atoms with E-state index >= 15 is 0 Å². The molecule has 0 N–H and O–H groups in total. The number of halogens is 11. The molecule has 0 aliphatic carbocycles. The smallest absolute Gasteiger partial charge is 0.377 e. The molecule has 0 heterocycles. The second-order valence-corrected chi connectivity index (χ2v) is 6.70. The second kappa shape index (κ2) is 8.88. The minimum Gasteiger partial charge on any atom is -0.377 e. The normalized spacial score (nSPS) is 15.4. The monoisotopic (exact) mass is 460 g/mol. The summed E-state index contributed by atoms with van der Waals surface area (Å²) < 4.78 is 149. The van der Waals surface area contributed by atoms with Crippen molar-refractivity contribution < 1.29 is 53.0 Å². The Morgan fingerprint density at radius 1 is 0.767 bits per heavy atom. The fourth-order valence-electron chi connectivity index (χ4n) is 2.58. The fraction of sp³-hybridized carbons (Fsp3) is 0.667. The number of methoxy groups -OCH3 is 1. The number of aryl methyl sites for hydroxylation is 1. The number of unbranched alkanes of at least 4 members (excludes halogenated alkanes) is 1. The van der Waals surface area contributed by atoms with Crippen LogP contribution >= 0.6 is 0 Å². The van der Waals surface area contributed by atoms with Crippen LogP contribution in [0.25, 0.3) is 0 Å². The Morgan fingerprint density at radius 3 is 1.67 bits per heavy atom. The molecular formula is C18H19F11O. The van der Waals surface area contributed by atoms with Crippen LogP contribution in [0.5, 0.6) is 0 Å². The van der Waals surface area contributed by atoms with E-state index in [1.165, 1.54) is 24.3 Å². The van der Waals surface area contributed by atoms with E-state index in [-0.39, 0.29) is 5.56 Å². The van der Waals surface area contributed by atoms with E-state index in [1.54, 1.807) is 0 Å². The Labute approximate surface area is 165 Å². The average molecular weight is 460 g/mol. The maximum Gasteiger partial charge on any atom is 0.460 e. The first-order valence-electron chi connectivity index (χ1n) is 8.66. The summed E-state index contributed by atoms with van der Waals surface area (Å²) in [7, 11) is 0.770. The van der Waals surface area contributed by atoms with Crippen molar-refractivity contribution in [3.63, 3.8) is 0 Å². The molecule has 1 nitrogen and oxygen atoms in total. The van der Waals surface area contributed by atoms with E-state index in [2.05, 4.69) is 4.74 Å². The SMILES string of the molecule is CCCCc1ccc(C(CC(F)(F)C(F)(F)C(F)(F)C(F)(F)C(F)(F)F)OC)cc1. The zero-order valence-electron chi connectivity index (χ0n) is 15.8. The quantitative estimate of drug-likeness (QED) is 0.335. The minimum atomic E-state index is -7.41. The van der Waals surface area contributed by atoms with Crippen LogP contribution in [0, 0.1) is 0 Å². The summed E-state index contributed by atoms with van der Waals surface area (Å²) in [6, 6.07) is 5.27. The van der Waals surface area contributed by atoms with E-state index < -0.39 is 42.4 Å². The molecule has 0 bridgehead atoms. The lowest BCUT2D eigenvalue weighted by molar-refractivity contribution is -0.423. The molecule has 1 aromatic rings. The largest absolute Gasteiger partial charge is 0.460 e. The van der Waals surface area contributed by atoms with Crippen molar-refractivity contribution in [1.82, 2.24) is 0 Å². The van der Waals surface area contributed by atoms with Crippen molar-refractivity contribution in [1.29, 1.82) is 0 Å². The molecule has 1 rings (SSSR count). The molecule has 30 heavy (non-hydrogen) atoms. The van der Waals surface area contributed by atoms with E-state index in [9.17, 15) is 48.3 Å². The number of alkyl halides is 11. The highest BCUT2D eigenvalue weighted by Gasteiger charge is 2.87. The Balaban J connectivity index is 3.19. The summed E-state index contributed by atoms with van der Waals surface area (Å²) in [5.41, 5.74) is 0.586. The highest BCUT2D eigenvalue weighted by Crippen LogP contribution is 2.58. The van der Waals surface area contributed by atoms with Gasteiger partial charge in [0.1, 0.15) is 0 Å². The van der Waals surface area contributed by atoms with E-state index in [4.69, 9.17) is 0 Å².